The average Bonchev–Trinajstić information content (AvgIpc) is 3.05. The Morgan fingerprint density at radius 2 is 1.38 bits per heavy atom. The second-order valence-electron chi connectivity index (χ2n) is 8.55. The molecule has 1 heteroatoms. The first kappa shape index (κ1) is 23.5. The van der Waals surface area contributed by atoms with Gasteiger partial charge in [0, 0.05) is 6.54 Å². The third kappa shape index (κ3) is 7.59. The predicted octanol–water partition coefficient (Wildman–Crippen LogP) is 7.78. The average molecular weight is 362 g/mol. The van der Waals surface area contributed by atoms with Gasteiger partial charge in [0.2, 0.25) is 0 Å². The van der Waals surface area contributed by atoms with Crippen molar-refractivity contribution in [2.75, 3.05) is 19.6 Å². The Balaban J connectivity index is 2.86. The molecule has 0 fully saturated rings. The largest absolute Gasteiger partial charge is 0.303 e. The van der Waals surface area contributed by atoms with E-state index in [1.54, 1.807) is 16.7 Å². The Morgan fingerprint density at radius 1 is 0.808 bits per heavy atom. The molecule has 1 aliphatic carbocycles. The van der Waals surface area contributed by atoms with Crippen LogP contribution in [0.3, 0.4) is 0 Å². The standard InChI is InChI=1S/C25H47N/c1-7-11-18-26(19-12-8-2)20-17-25-23(21(5)13-9-3)15-16-24(25)22(6)14-10-4/h15,21-22H,7-14,16-20H2,1-6H3. The SMILES string of the molecule is CCCCN(CCCC)CCC1=C(C(C)CCC)CC=C1C(C)CCC. The van der Waals surface area contributed by atoms with Crippen LogP contribution in [0.5, 0.6) is 0 Å². The minimum Gasteiger partial charge on any atom is -0.303 e. The first-order valence-corrected chi connectivity index (χ1v) is 11.7. The summed E-state index contributed by atoms with van der Waals surface area (Å²) >= 11 is 0. The van der Waals surface area contributed by atoms with Crippen molar-refractivity contribution >= 4 is 0 Å². The van der Waals surface area contributed by atoms with E-state index in [0.717, 1.165) is 11.8 Å². The van der Waals surface area contributed by atoms with E-state index in [2.05, 4.69) is 52.5 Å². The molecular formula is C25H47N. The molecule has 2 unspecified atom stereocenters. The summed E-state index contributed by atoms with van der Waals surface area (Å²) in [7, 11) is 0. The van der Waals surface area contributed by atoms with Crippen LogP contribution in [0.25, 0.3) is 0 Å². The quantitative estimate of drug-likeness (QED) is 0.288. The zero-order valence-corrected chi connectivity index (χ0v) is 18.9. The van der Waals surface area contributed by atoms with Crippen LogP contribution in [0.4, 0.5) is 0 Å². The highest BCUT2D eigenvalue weighted by molar-refractivity contribution is 5.44. The van der Waals surface area contributed by atoms with Gasteiger partial charge in [0.15, 0.2) is 0 Å². The lowest BCUT2D eigenvalue weighted by Gasteiger charge is -2.25. The lowest BCUT2D eigenvalue weighted by Crippen LogP contribution is -2.28. The molecule has 0 aromatic carbocycles. The molecule has 0 saturated carbocycles. The Labute approximate surface area is 165 Å². The Kier molecular flexibility index (Phi) is 12.3. The molecule has 0 N–H and O–H groups in total. The molecule has 1 rings (SSSR count). The van der Waals surface area contributed by atoms with E-state index in [4.69, 9.17) is 0 Å². The van der Waals surface area contributed by atoms with Crippen molar-refractivity contribution in [3.8, 4) is 0 Å². The fraction of sp³-hybridized carbons (Fsp3) is 0.840. The normalized spacial score (nSPS) is 17.1. The Morgan fingerprint density at radius 3 is 1.92 bits per heavy atom. The van der Waals surface area contributed by atoms with Gasteiger partial charge in [0.1, 0.15) is 0 Å². The van der Waals surface area contributed by atoms with E-state index in [9.17, 15) is 0 Å². The first-order valence-electron chi connectivity index (χ1n) is 11.7. The van der Waals surface area contributed by atoms with Crippen LogP contribution in [0.1, 0.15) is 106 Å². The molecule has 1 aliphatic rings. The summed E-state index contributed by atoms with van der Waals surface area (Å²) in [5, 5.41) is 0. The number of rotatable bonds is 15. The molecule has 0 amide bonds. The lowest BCUT2D eigenvalue weighted by atomic mass is 9.86. The van der Waals surface area contributed by atoms with Crippen molar-refractivity contribution in [2.45, 2.75) is 106 Å². The smallest absolute Gasteiger partial charge is 0.00219 e. The number of hydrogen-bond donors (Lipinski definition) is 0. The van der Waals surface area contributed by atoms with Gasteiger partial charge in [-0.15, -0.1) is 0 Å². The third-order valence-electron chi connectivity index (χ3n) is 6.18. The van der Waals surface area contributed by atoms with Crippen LogP contribution in [0.2, 0.25) is 0 Å². The molecule has 26 heavy (non-hydrogen) atoms. The molecule has 0 aromatic rings. The van der Waals surface area contributed by atoms with E-state index < -0.39 is 0 Å². The summed E-state index contributed by atoms with van der Waals surface area (Å²) in [4.78, 5) is 2.74. The molecule has 1 nitrogen and oxygen atoms in total. The van der Waals surface area contributed by atoms with Crippen molar-refractivity contribution in [1.29, 1.82) is 0 Å². The summed E-state index contributed by atoms with van der Waals surface area (Å²) in [6, 6.07) is 0. The maximum Gasteiger partial charge on any atom is 0.00219 e. The van der Waals surface area contributed by atoms with Crippen LogP contribution in [-0.2, 0) is 0 Å². The zero-order chi connectivity index (χ0) is 19.4. The van der Waals surface area contributed by atoms with Gasteiger partial charge in [-0.25, -0.2) is 0 Å². The summed E-state index contributed by atoms with van der Waals surface area (Å²) in [6.07, 6.45) is 15.7. The van der Waals surface area contributed by atoms with Crippen molar-refractivity contribution in [2.24, 2.45) is 11.8 Å². The Bertz CT molecular complexity index is 423. The highest BCUT2D eigenvalue weighted by Gasteiger charge is 2.24. The van der Waals surface area contributed by atoms with Crippen LogP contribution < -0.4 is 0 Å². The van der Waals surface area contributed by atoms with E-state index in [-0.39, 0.29) is 0 Å². The van der Waals surface area contributed by atoms with Gasteiger partial charge < -0.3 is 4.90 Å². The number of allylic oxidation sites excluding steroid dienone is 3. The summed E-state index contributed by atoms with van der Waals surface area (Å²) in [6.45, 7) is 18.0. The van der Waals surface area contributed by atoms with Crippen molar-refractivity contribution in [3.63, 3.8) is 0 Å². The van der Waals surface area contributed by atoms with Gasteiger partial charge in [0.25, 0.3) is 0 Å². The molecule has 0 saturated heterocycles. The van der Waals surface area contributed by atoms with Crippen molar-refractivity contribution in [1.82, 2.24) is 4.90 Å². The van der Waals surface area contributed by atoms with Crippen molar-refractivity contribution < 1.29 is 0 Å². The first-order chi connectivity index (χ1) is 12.6. The zero-order valence-electron chi connectivity index (χ0n) is 18.9. The van der Waals surface area contributed by atoms with E-state index in [0.29, 0.717) is 0 Å². The second kappa shape index (κ2) is 13.6. The maximum absolute atomic E-state index is 2.74. The molecule has 0 spiro atoms. The van der Waals surface area contributed by atoms with Gasteiger partial charge >= 0.3 is 0 Å². The van der Waals surface area contributed by atoms with Gasteiger partial charge in [-0.2, -0.15) is 0 Å². The van der Waals surface area contributed by atoms with Gasteiger partial charge in [-0.1, -0.05) is 78.9 Å². The van der Waals surface area contributed by atoms with Crippen LogP contribution >= 0.6 is 0 Å². The minimum atomic E-state index is 0.737. The van der Waals surface area contributed by atoms with E-state index in [1.165, 1.54) is 83.8 Å². The van der Waals surface area contributed by atoms with Crippen LogP contribution in [0, 0.1) is 11.8 Å². The van der Waals surface area contributed by atoms with Crippen molar-refractivity contribution in [3.05, 3.63) is 22.8 Å². The highest BCUT2D eigenvalue weighted by Crippen LogP contribution is 2.39. The summed E-state index contributed by atoms with van der Waals surface area (Å²) in [5.41, 5.74) is 5.23. The third-order valence-corrected chi connectivity index (χ3v) is 6.18. The maximum atomic E-state index is 2.74. The van der Waals surface area contributed by atoms with E-state index in [1.807, 2.05) is 0 Å². The van der Waals surface area contributed by atoms with Gasteiger partial charge in [-0.05, 0) is 74.6 Å². The van der Waals surface area contributed by atoms with E-state index >= 15 is 0 Å². The second-order valence-corrected chi connectivity index (χ2v) is 8.55. The number of nitrogens with zero attached hydrogens (tertiary/aromatic N) is 1. The molecule has 0 aromatic heterocycles. The number of unbranched alkanes of at least 4 members (excludes halogenated alkanes) is 2. The predicted molar refractivity (Wildman–Crippen MR) is 119 cm³/mol. The fourth-order valence-electron chi connectivity index (χ4n) is 4.52. The summed E-state index contributed by atoms with van der Waals surface area (Å²) < 4.78 is 0. The lowest BCUT2D eigenvalue weighted by molar-refractivity contribution is 0.268. The topological polar surface area (TPSA) is 3.24 Å². The number of hydrogen-bond acceptors (Lipinski definition) is 1. The highest BCUT2D eigenvalue weighted by atomic mass is 15.1. The molecule has 0 bridgehead atoms. The molecule has 152 valence electrons. The van der Waals surface area contributed by atoms with Crippen LogP contribution in [-0.4, -0.2) is 24.5 Å². The molecule has 0 radical (unpaired) electrons. The molecule has 2 atom stereocenters. The fourth-order valence-corrected chi connectivity index (χ4v) is 4.52. The molecule has 0 heterocycles. The van der Waals surface area contributed by atoms with Gasteiger partial charge in [-0.3, -0.25) is 0 Å². The summed E-state index contributed by atoms with van der Waals surface area (Å²) in [5.74, 6) is 1.50. The monoisotopic (exact) mass is 361 g/mol. The minimum absolute atomic E-state index is 0.737. The molecular weight excluding hydrogens is 314 g/mol. The van der Waals surface area contributed by atoms with Crippen LogP contribution in [0.15, 0.2) is 22.8 Å². The van der Waals surface area contributed by atoms with Gasteiger partial charge in [0.05, 0.1) is 0 Å². The molecule has 0 aliphatic heterocycles. The Hall–Kier alpha value is -0.560.